The fourth-order valence-electron chi connectivity index (χ4n) is 3.08. The number of nitrogens with one attached hydrogen (secondary N) is 1. The molecule has 0 saturated heterocycles. The zero-order valence-electron chi connectivity index (χ0n) is 14.2. The molecule has 1 N–H and O–H groups in total. The summed E-state index contributed by atoms with van der Waals surface area (Å²) in [6.45, 7) is 5.21. The Balaban J connectivity index is 1.59. The highest BCUT2D eigenvalue weighted by Gasteiger charge is 2.30. The highest BCUT2D eigenvalue weighted by molar-refractivity contribution is 5.99. The SMILES string of the molecule is Cc1cc(C)n(CCN(C)C(=O)CC2NC(=O)c3ccccc32)n1. The summed E-state index contributed by atoms with van der Waals surface area (Å²) in [5, 5.41) is 7.29. The molecule has 2 aromatic rings. The van der Waals surface area contributed by atoms with Gasteiger partial charge < -0.3 is 10.2 Å². The fourth-order valence-corrected chi connectivity index (χ4v) is 3.08. The topological polar surface area (TPSA) is 67.2 Å². The van der Waals surface area contributed by atoms with Crippen molar-refractivity contribution in [3.8, 4) is 0 Å². The van der Waals surface area contributed by atoms with E-state index in [2.05, 4.69) is 10.4 Å². The molecule has 1 aliphatic heterocycles. The smallest absolute Gasteiger partial charge is 0.252 e. The van der Waals surface area contributed by atoms with Gasteiger partial charge in [0.2, 0.25) is 5.91 Å². The van der Waals surface area contributed by atoms with Gasteiger partial charge in [-0.15, -0.1) is 0 Å². The van der Waals surface area contributed by atoms with Crippen LogP contribution in [0.5, 0.6) is 0 Å². The van der Waals surface area contributed by atoms with Gasteiger partial charge in [0.25, 0.3) is 5.91 Å². The molecule has 6 heteroatoms. The van der Waals surface area contributed by atoms with Crippen LogP contribution in [0.3, 0.4) is 0 Å². The van der Waals surface area contributed by atoms with E-state index in [0.29, 0.717) is 18.7 Å². The number of rotatable bonds is 5. The van der Waals surface area contributed by atoms with Crippen molar-refractivity contribution in [1.82, 2.24) is 20.0 Å². The molecular formula is C18H22N4O2. The maximum atomic E-state index is 12.5. The number of carbonyl (C=O) groups excluding carboxylic acids is 2. The Hall–Kier alpha value is -2.63. The Bertz CT molecular complexity index is 781. The fraction of sp³-hybridized carbons (Fsp3) is 0.389. The molecule has 0 radical (unpaired) electrons. The van der Waals surface area contributed by atoms with Crippen LogP contribution in [0, 0.1) is 13.8 Å². The number of hydrogen-bond donors (Lipinski definition) is 1. The van der Waals surface area contributed by atoms with Crippen molar-refractivity contribution in [3.05, 3.63) is 52.8 Å². The molecule has 0 spiro atoms. The van der Waals surface area contributed by atoms with Gasteiger partial charge in [-0.3, -0.25) is 14.3 Å². The molecule has 1 aromatic carbocycles. The standard InChI is InChI=1S/C18H22N4O2/c1-12-10-13(2)22(20-12)9-8-21(3)17(23)11-16-14-6-4-5-7-15(14)18(24)19-16/h4-7,10,16H,8-9,11H2,1-3H3,(H,19,24). The van der Waals surface area contributed by atoms with Crippen molar-refractivity contribution in [1.29, 1.82) is 0 Å². The number of nitrogens with zero attached hydrogens (tertiary/aromatic N) is 3. The Morgan fingerprint density at radius 2 is 2.08 bits per heavy atom. The molecular weight excluding hydrogens is 304 g/mol. The second-order valence-corrected chi connectivity index (χ2v) is 6.28. The quantitative estimate of drug-likeness (QED) is 0.911. The van der Waals surface area contributed by atoms with Crippen LogP contribution < -0.4 is 5.32 Å². The highest BCUT2D eigenvalue weighted by atomic mass is 16.2. The summed E-state index contributed by atoms with van der Waals surface area (Å²) < 4.78 is 1.91. The zero-order chi connectivity index (χ0) is 17.3. The molecule has 2 amide bonds. The maximum Gasteiger partial charge on any atom is 0.252 e. The summed E-state index contributed by atoms with van der Waals surface area (Å²) in [5.74, 6) is -0.0905. The first-order chi connectivity index (χ1) is 11.5. The number of carbonyl (C=O) groups is 2. The van der Waals surface area contributed by atoms with Crippen LogP contribution in [-0.2, 0) is 11.3 Å². The van der Waals surface area contributed by atoms with Crippen molar-refractivity contribution in [2.45, 2.75) is 32.9 Å². The van der Waals surface area contributed by atoms with Gasteiger partial charge in [0.1, 0.15) is 0 Å². The van der Waals surface area contributed by atoms with Crippen LogP contribution in [-0.4, -0.2) is 40.1 Å². The van der Waals surface area contributed by atoms with Gasteiger partial charge in [-0.25, -0.2) is 0 Å². The lowest BCUT2D eigenvalue weighted by Crippen LogP contribution is -2.33. The molecule has 0 aliphatic carbocycles. The molecule has 1 atom stereocenters. The van der Waals surface area contributed by atoms with Gasteiger partial charge in [-0.1, -0.05) is 18.2 Å². The van der Waals surface area contributed by atoms with Crippen molar-refractivity contribution in [2.24, 2.45) is 0 Å². The number of aryl methyl sites for hydroxylation is 2. The van der Waals surface area contributed by atoms with Crippen LogP contribution >= 0.6 is 0 Å². The summed E-state index contributed by atoms with van der Waals surface area (Å²) in [6, 6.07) is 9.21. The number of hydrogen-bond acceptors (Lipinski definition) is 3. The third-order valence-corrected chi connectivity index (χ3v) is 4.44. The predicted molar refractivity (Wildman–Crippen MR) is 90.6 cm³/mol. The normalized spacial score (nSPS) is 16.0. The van der Waals surface area contributed by atoms with Crippen molar-refractivity contribution < 1.29 is 9.59 Å². The molecule has 2 heterocycles. The van der Waals surface area contributed by atoms with Gasteiger partial charge in [0.05, 0.1) is 24.7 Å². The Labute approximate surface area is 141 Å². The summed E-state index contributed by atoms with van der Waals surface area (Å²) >= 11 is 0. The first kappa shape index (κ1) is 16.2. The summed E-state index contributed by atoms with van der Waals surface area (Å²) in [5.41, 5.74) is 3.64. The van der Waals surface area contributed by atoms with Crippen LogP contribution in [0.1, 0.15) is 39.8 Å². The summed E-state index contributed by atoms with van der Waals surface area (Å²) in [6.07, 6.45) is 0.274. The maximum absolute atomic E-state index is 12.5. The number of aromatic nitrogens is 2. The Morgan fingerprint density at radius 1 is 1.33 bits per heavy atom. The predicted octanol–water partition coefficient (Wildman–Crippen LogP) is 1.83. The molecule has 126 valence electrons. The van der Waals surface area contributed by atoms with Crippen LogP contribution in [0.15, 0.2) is 30.3 Å². The minimum atomic E-state index is -0.239. The van der Waals surface area contributed by atoms with E-state index in [9.17, 15) is 9.59 Å². The van der Waals surface area contributed by atoms with E-state index >= 15 is 0 Å². The van der Waals surface area contributed by atoms with Crippen LogP contribution in [0.2, 0.25) is 0 Å². The Morgan fingerprint density at radius 3 is 2.79 bits per heavy atom. The van der Waals surface area contributed by atoms with Gasteiger partial charge >= 0.3 is 0 Å². The molecule has 0 fully saturated rings. The summed E-state index contributed by atoms with van der Waals surface area (Å²) in [7, 11) is 1.79. The molecule has 1 unspecified atom stereocenters. The van der Waals surface area contributed by atoms with Crippen LogP contribution in [0.25, 0.3) is 0 Å². The monoisotopic (exact) mass is 326 g/mol. The molecule has 6 nitrogen and oxygen atoms in total. The van der Waals surface area contributed by atoms with Crippen molar-refractivity contribution in [3.63, 3.8) is 0 Å². The minimum Gasteiger partial charge on any atom is -0.345 e. The number of amides is 2. The average molecular weight is 326 g/mol. The van der Waals surface area contributed by atoms with E-state index in [-0.39, 0.29) is 24.3 Å². The van der Waals surface area contributed by atoms with E-state index in [1.165, 1.54) is 0 Å². The lowest BCUT2D eigenvalue weighted by atomic mass is 10.0. The third-order valence-electron chi connectivity index (χ3n) is 4.44. The lowest BCUT2D eigenvalue weighted by molar-refractivity contribution is -0.130. The second kappa shape index (κ2) is 6.47. The first-order valence-electron chi connectivity index (χ1n) is 8.10. The number of likely N-dealkylation sites (N-methyl/N-ethyl adjacent to an activating group) is 1. The van der Waals surface area contributed by atoms with Gasteiger partial charge in [0.15, 0.2) is 0 Å². The Kier molecular flexibility index (Phi) is 4.38. The van der Waals surface area contributed by atoms with Crippen molar-refractivity contribution in [2.75, 3.05) is 13.6 Å². The molecule has 24 heavy (non-hydrogen) atoms. The molecule has 0 bridgehead atoms. The second-order valence-electron chi connectivity index (χ2n) is 6.28. The van der Waals surface area contributed by atoms with E-state index < -0.39 is 0 Å². The minimum absolute atomic E-state index is 0.0125. The van der Waals surface area contributed by atoms with E-state index in [4.69, 9.17) is 0 Å². The lowest BCUT2D eigenvalue weighted by Gasteiger charge is -2.20. The van der Waals surface area contributed by atoms with Gasteiger partial charge in [-0.05, 0) is 31.5 Å². The van der Waals surface area contributed by atoms with Crippen LogP contribution in [0.4, 0.5) is 0 Å². The largest absolute Gasteiger partial charge is 0.345 e. The first-order valence-corrected chi connectivity index (χ1v) is 8.10. The molecule has 0 saturated carbocycles. The molecule has 1 aliphatic rings. The molecule has 1 aromatic heterocycles. The zero-order valence-corrected chi connectivity index (χ0v) is 14.2. The van der Waals surface area contributed by atoms with E-state index in [1.54, 1.807) is 18.0 Å². The van der Waals surface area contributed by atoms with Gasteiger partial charge in [-0.2, -0.15) is 5.10 Å². The van der Waals surface area contributed by atoms with Gasteiger partial charge in [0, 0.05) is 24.8 Å². The molecule has 3 rings (SSSR count). The number of benzene rings is 1. The van der Waals surface area contributed by atoms with E-state index in [1.807, 2.05) is 42.8 Å². The summed E-state index contributed by atoms with van der Waals surface area (Å²) in [4.78, 5) is 26.1. The van der Waals surface area contributed by atoms with E-state index in [0.717, 1.165) is 17.0 Å². The van der Waals surface area contributed by atoms with Crippen molar-refractivity contribution >= 4 is 11.8 Å². The number of fused-ring (bicyclic) bond motifs is 1. The average Bonchev–Trinajstić information content (AvgIpc) is 3.04. The third kappa shape index (κ3) is 3.18. The highest BCUT2D eigenvalue weighted by Crippen LogP contribution is 2.27.